The number of carbonyl (C=O) groups excluding carboxylic acids is 1. The first kappa shape index (κ1) is 14.4. The Labute approximate surface area is 112 Å². The van der Waals surface area contributed by atoms with Crippen LogP contribution in [0.3, 0.4) is 0 Å². The molecule has 0 saturated heterocycles. The Morgan fingerprint density at radius 3 is 2.76 bits per heavy atom. The molecule has 0 atom stereocenters. The van der Waals surface area contributed by atoms with Gasteiger partial charge in [-0.1, -0.05) is 26.2 Å². The van der Waals surface area contributed by atoms with Crippen molar-refractivity contribution in [2.24, 2.45) is 0 Å². The van der Waals surface area contributed by atoms with Gasteiger partial charge >= 0.3 is 0 Å². The van der Waals surface area contributed by atoms with E-state index in [1.54, 1.807) is 0 Å². The molecule has 0 aliphatic rings. The van der Waals surface area contributed by atoms with E-state index in [9.17, 15) is 4.79 Å². The molecule has 0 bridgehead atoms. The van der Waals surface area contributed by atoms with E-state index in [4.69, 9.17) is 12.2 Å². The number of aryl methyl sites for hydroxylation is 1. The largest absolute Gasteiger partial charge is 0.356 e. The van der Waals surface area contributed by atoms with E-state index in [1.165, 1.54) is 30.6 Å². The number of rotatable bonds is 7. The molecule has 0 aliphatic heterocycles. The number of hydrogen-bond acceptors (Lipinski definition) is 3. The molecule has 0 unspecified atom stereocenters. The Balaban J connectivity index is 2.25. The van der Waals surface area contributed by atoms with Crippen LogP contribution in [-0.4, -0.2) is 17.4 Å². The smallest absolute Gasteiger partial charge is 0.225 e. The van der Waals surface area contributed by atoms with Gasteiger partial charge in [0.05, 0.1) is 6.42 Å². The number of H-pyrrole nitrogens is 1. The van der Waals surface area contributed by atoms with Crippen LogP contribution in [0.25, 0.3) is 0 Å². The third-order valence-corrected chi connectivity index (χ3v) is 3.93. The molecule has 1 amide bonds. The molecule has 0 radical (unpaired) electrons. The summed E-state index contributed by atoms with van der Waals surface area (Å²) in [6, 6.07) is 0. The molecule has 1 aromatic rings. The highest BCUT2D eigenvalue weighted by Gasteiger charge is 2.07. The Bertz CT molecular complexity index is 409. The number of amides is 1. The molecule has 0 saturated carbocycles. The normalized spacial score (nSPS) is 10.5. The Hall–Kier alpha value is -0.680. The summed E-state index contributed by atoms with van der Waals surface area (Å²) in [5.41, 5.74) is 1.01. The molecule has 0 fully saturated rings. The van der Waals surface area contributed by atoms with Gasteiger partial charge in [-0.3, -0.25) is 4.79 Å². The fraction of sp³-hybridized carbons (Fsp3) is 0.667. The Morgan fingerprint density at radius 1 is 1.41 bits per heavy atom. The third-order valence-electron chi connectivity index (χ3n) is 2.60. The van der Waals surface area contributed by atoms with Crippen molar-refractivity contribution in [1.29, 1.82) is 0 Å². The summed E-state index contributed by atoms with van der Waals surface area (Å²) in [6.45, 7) is 4.92. The van der Waals surface area contributed by atoms with Crippen LogP contribution in [0.15, 0.2) is 0 Å². The highest BCUT2D eigenvalue weighted by Crippen LogP contribution is 2.14. The van der Waals surface area contributed by atoms with Gasteiger partial charge in [-0.05, 0) is 25.6 Å². The van der Waals surface area contributed by atoms with Gasteiger partial charge in [0.25, 0.3) is 0 Å². The lowest BCUT2D eigenvalue weighted by molar-refractivity contribution is -0.120. The average molecular weight is 272 g/mol. The molecule has 0 aliphatic carbocycles. The van der Waals surface area contributed by atoms with Crippen molar-refractivity contribution < 1.29 is 4.79 Å². The summed E-state index contributed by atoms with van der Waals surface area (Å²) in [4.78, 5) is 15.7. The highest BCUT2D eigenvalue weighted by molar-refractivity contribution is 7.73. The molecule has 96 valence electrons. The van der Waals surface area contributed by atoms with E-state index >= 15 is 0 Å². The lowest BCUT2D eigenvalue weighted by Gasteiger charge is -2.04. The lowest BCUT2D eigenvalue weighted by Crippen LogP contribution is -2.26. The zero-order valence-corrected chi connectivity index (χ0v) is 12.1. The van der Waals surface area contributed by atoms with Crippen LogP contribution >= 0.6 is 23.6 Å². The molecule has 5 heteroatoms. The van der Waals surface area contributed by atoms with Crippen molar-refractivity contribution >= 4 is 29.5 Å². The maximum atomic E-state index is 11.7. The molecule has 1 rings (SSSR count). The first-order valence-corrected chi connectivity index (χ1v) is 7.31. The molecule has 0 spiro atoms. The molecular weight excluding hydrogens is 252 g/mol. The van der Waals surface area contributed by atoms with Crippen molar-refractivity contribution in [1.82, 2.24) is 10.3 Å². The monoisotopic (exact) mass is 272 g/mol. The van der Waals surface area contributed by atoms with Gasteiger partial charge in [0, 0.05) is 17.1 Å². The number of hydrogen-bond donors (Lipinski definition) is 2. The van der Waals surface area contributed by atoms with E-state index in [0.717, 1.165) is 27.5 Å². The van der Waals surface area contributed by atoms with E-state index in [0.29, 0.717) is 6.42 Å². The van der Waals surface area contributed by atoms with Crippen molar-refractivity contribution in [2.45, 2.75) is 46.0 Å². The summed E-state index contributed by atoms with van der Waals surface area (Å²) in [5, 5.41) is 2.95. The number of thiazole rings is 1. The van der Waals surface area contributed by atoms with Gasteiger partial charge in [-0.25, -0.2) is 0 Å². The number of aromatic amines is 1. The zero-order valence-electron chi connectivity index (χ0n) is 10.5. The first-order chi connectivity index (χ1) is 8.13. The maximum Gasteiger partial charge on any atom is 0.225 e. The zero-order chi connectivity index (χ0) is 12.7. The predicted molar refractivity (Wildman–Crippen MR) is 75.1 cm³/mol. The molecule has 2 N–H and O–H groups in total. The summed E-state index contributed by atoms with van der Waals surface area (Å²) in [6.07, 6.45) is 5.17. The minimum atomic E-state index is 0.0925. The fourth-order valence-corrected chi connectivity index (χ4v) is 2.88. The Morgan fingerprint density at radius 2 is 2.18 bits per heavy atom. The predicted octanol–water partition coefficient (Wildman–Crippen LogP) is 3.35. The topological polar surface area (TPSA) is 44.9 Å². The van der Waals surface area contributed by atoms with Gasteiger partial charge in [0.2, 0.25) is 5.91 Å². The quantitative estimate of drug-likeness (QED) is 0.590. The Kier molecular flexibility index (Phi) is 6.44. The SMILES string of the molecule is CCCCCCNC(=O)Cc1sc(=S)[nH]c1C. The van der Waals surface area contributed by atoms with Crippen LogP contribution in [0, 0.1) is 10.9 Å². The van der Waals surface area contributed by atoms with Crippen molar-refractivity contribution in [3.63, 3.8) is 0 Å². The van der Waals surface area contributed by atoms with Gasteiger partial charge in [0.15, 0.2) is 3.95 Å². The van der Waals surface area contributed by atoms with Gasteiger partial charge < -0.3 is 10.3 Å². The van der Waals surface area contributed by atoms with Crippen molar-refractivity contribution in [3.05, 3.63) is 14.5 Å². The minimum absolute atomic E-state index is 0.0925. The number of aromatic nitrogens is 1. The molecule has 17 heavy (non-hydrogen) atoms. The molecule has 3 nitrogen and oxygen atoms in total. The summed E-state index contributed by atoms with van der Waals surface area (Å²) in [7, 11) is 0. The van der Waals surface area contributed by atoms with E-state index < -0.39 is 0 Å². The van der Waals surface area contributed by atoms with Gasteiger partial charge in [0.1, 0.15) is 0 Å². The van der Waals surface area contributed by atoms with E-state index in [-0.39, 0.29) is 5.91 Å². The minimum Gasteiger partial charge on any atom is -0.356 e. The second-order valence-electron chi connectivity index (χ2n) is 4.15. The summed E-state index contributed by atoms with van der Waals surface area (Å²) in [5.74, 6) is 0.0925. The molecule has 0 aromatic carbocycles. The fourth-order valence-electron chi connectivity index (χ4n) is 1.59. The second-order valence-corrected chi connectivity index (χ2v) is 5.92. The van der Waals surface area contributed by atoms with Crippen LogP contribution in [-0.2, 0) is 11.2 Å². The third kappa shape index (κ3) is 5.46. The van der Waals surface area contributed by atoms with Gasteiger partial charge in [-0.2, -0.15) is 0 Å². The molecule has 1 aromatic heterocycles. The van der Waals surface area contributed by atoms with Crippen LogP contribution < -0.4 is 5.32 Å². The van der Waals surface area contributed by atoms with Crippen molar-refractivity contribution in [3.8, 4) is 0 Å². The standard InChI is InChI=1S/C12H20N2OS2/c1-3-4-5-6-7-13-11(15)8-10-9(2)14-12(16)17-10/h3-8H2,1-2H3,(H,13,15)(H,14,16). The lowest BCUT2D eigenvalue weighted by atomic mass is 10.2. The van der Waals surface area contributed by atoms with Gasteiger partial charge in [-0.15, -0.1) is 11.3 Å². The average Bonchev–Trinajstić information content (AvgIpc) is 2.57. The molecular formula is C12H20N2OS2. The molecule has 1 heterocycles. The number of unbranched alkanes of at least 4 members (excludes halogenated alkanes) is 3. The first-order valence-electron chi connectivity index (χ1n) is 6.08. The van der Waals surface area contributed by atoms with Crippen LogP contribution in [0.5, 0.6) is 0 Å². The maximum absolute atomic E-state index is 11.7. The van der Waals surface area contributed by atoms with Crippen molar-refractivity contribution in [2.75, 3.05) is 6.54 Å². The van der Waals surface area contributed by atoms with E-state index in [1.807, 2.05) is 6.92 Å². The second kappa shape index (κ2) is 7.61. The summed E-state index contributed by atoms with van der Waals surface area (Å²) < 4.78 is 0.744. The summed E-state index contributed by atoms with van der Waals surface area (Å²) >= 11 is 6.53. The van der Waals surface area contributed by atoms with Crippen LogP contribution in [0.4, 0.5) is 0 Å². The number of nitrogens with one attached hydrogen (secondary N) is 2. The number of carbonyl (C=O) groups is 1. The highest BCUT2D eigenvalue weighted by atomic mass is 32.1. The van der Waals surface area contributed by atoms with E-state index in [2.05, 4.69) is 17.2 Å². The van der Waals surface area contributed by atoms with Crippen LogP contribution in [0.2, 0.25) is 0 Å². The van der Waals surface area contributed by atoms with Crippen LogP contribution in [0.1, 0.15) is 43.2 Å².